The van der Waals surface area contributed by atoms with E-state index in [2.05, 4.69) is 78.0 Å². The molecule has 1 fully saturated rings. The van der Waals surface area contributed by atoms with E-state index in [-0.39, 0.29) is 6.10 Å². The molecule has 27 heavy (non-hydrogen) atoms. The molecule has 1 aliphatic rings. The van der Waals surface area contributed by atoms with Gasteiger partial charge in [0.05, 0.1) is 6.10 Å². The molecule has 0 amide bonds. The van der Waals surface area contributed by atoms with E-state index >= 15 is 0 Å². The average molecular weight is 366 g/mol. The van der Waals surface area contributed by atoms with Gasteiger partial charge in [-0.15, -0.1) is 0 Å². The number of hydrogen-bond acceptors (Lipinski definition) is 2. The highest BCUT2D eigenvalue weighted by atomic mass is 16.5. The van der Waals surface area contributed by atoms with E-state index in [1.54, 1.807) is 0 Å². The van der Waals surface area contributed by atoms with Crippen molar-refractivity contribution in [1.82, 2.24) is 10.6 Å². The van der Waals surface area contributed by atoms with Crippen LogP contribution in [-0.4, -0.2) is 26.2 Å². The minimum atomic E-state index is 0.157. The third kappa shape index (κ3) is 5.33. The largest absolute Gasteiger partial charge is 0.373 e. The Bertz CT molecular complexity index is 757. The molecular weight excluding hydrogens is 334 g/mol. The van der Waals surface area contributed by atoms with Crippen LogP contribution in [0.15, 0.2) is 53.5 Å². The van der Waals surface area contributed by atoms with E-state index in [4.69, 9.17) is 4.74 Å². The van der Waals surface area contributed by atoms with Crippen LogP contribution >= 0.6 is 0 Å². The van der Waals surface area contributed by atoms with Gasteiger partial charge in [0.1, 0.15) is 0 Å². The first-order valence-electron chi connectivity index (χ1n) is 9.84. The van der Waals surface area contributed by atoms with Crippen LogP contribution in [0.25, 0.3) is 0 Å². The third-order valence-corrected chi connectivity index (χ3v) is 5.27. The number of aliphatic imine (C=N–C) groups is 1. The number of aryl methyl sites for hydroxylation is 2. The highest BCUT2D eigenvalue weighted by Crippen LogP contribution is 2.33. The van der Waals surface area contributed by atoms with E-state index < -0.39 is 0 Å². The molecule has 0 spiro atoms. The van der Waals surface area contributed by atoms with Crippen LogP contribution < -0.4 is 10.6 Å². The highest BCUT2D eigenvalue weighted by molar-refractivity contribution is 5.79. The summed E-state index contributed by atoms with van der Waals surface area (Å²) in [4.78, 5) is 4.39. The first-order valence-corrected chi connectivity index (χ1v) is 9.84. The molecule has 2 atom stereocenters. The first-order chi connectivity index (χ1) is 13.2. The van der Waals surface area contributed by atoms with Gasteiger partial charge in [-0.05, 0) is 43.4 Å². The van der Waals surface area contributed by atoms with E-state index in [1.807, 2.05) is 7.05 Å². The molecule has 2 N–H and O–H groups in total. The molecule has 1 aliphatic heterocycles. The fourth-order valence-corrected chi connectivity index (χ4v) is 3.73. The second-order valence-corrected chi connectivity index (χ2v) is 7.34. The van der Waals surface area contributed by atoms with Crippen LogP contribution in [0, 0.1) is 19.8 Å². The molecule has 0 aliphatic carbocycles. The molecule has 0 aromatic heterocycles. The molecule has 2 aromatic rings. The molecule has 4 nitrogen and oxygen atoms in total. The minimum Gasteiger partial charge on any atom is -0.373 e. The number of ether oxygens (including phenoxy) is 1. The summed E-state index contributed by atoms with van der Waals surface area (Å²) in [6.45, 7) is 6.75. The lowest BCUT2D eigenvalue weighted by molar-refractivity contribution is -0.0265. The average Bonchev–Trinajstić information content (AvgIpc) is 2.70. The minimum absolute atomic E-state index is 0.157. The second-order valence-electron chi connectivity index (χ2n) is 7.34. The van der Waals surface area contributed by atoms with Crippen LogP contribution in [0.1, 0.15) is 41.2 Å². The van der Waals surface area contributed by atoms with Crippen LogP contribution in [0.3, 0.4) is 0 Å². The molecule has 0 bridgehead atoms. The predicted molar refractivity (Wildman–Crippen MR) is 112 cm³/mol. The maximum absolute atomic E-state index is 6.10. The van der Waals surface area contributed by atoms with Crippen molar-refractivity contribution in [3.8, 4) is 0 Å². The Labute approximate surface area is 163 Å². The number of nitrogens with one attached hydrogen (secondary N) is 2. The van der Waals surface area contributed by atoms with Crippen molar-refractivity contribution in [2.75, 3.05) is 20.2 Å². The Morgan fingerprint density at radius 2 is 1.93 bits per heavy atom. The molecule has 144 valence electrons. The fraction of sp³-hybridized carbons (Fsp3) is 0.435. The maximum Gasteiger partial charge on any atom is 0.191 e. The smallest absolute Gasteiger partial charge is 0.191 e. The van der Waals surface area contributed by atoms with E-state index in [1.165, 1.54) is 28.7 Å². The molecule has 2 aromatic carbocycles. The lowest BCUT2D eigenvalue weighted by Gasteiger charge is -2.32. The van der Waals surface area contributed by atoms with Crippen LogP contribution in [-0.2, 0) is 11.3 Å². The summed E-state index contributed by atoms with van der Waals surface area (Å²) in [5.74, 6) is 1.29. The number of guanidine groups is 1. The second kappa shape index (κ2) is 9.56. The summed E-state index contributed by atoms with van der Waals surface area (Å²) in [6.07, 6.45) is 2.44. The monoisotopic (exact) mass is 365 g/mol. The summed E-state index contributed by atoms with van der Waals surface area (Å²) >= 11 is 0. The number of nitrogens with zero attached hydrogens (tertiary/aromatic N) is 1. The zero-order chi connectivity index (χ0) is 19.1. The van der Waals surface area contributed by atoms with Crippen molar-refractivity contribution in [3.05, 3.63) is 70.8 Å². The summed E-state index contributed by atoms with van der Waals surface area (Å²) in [6, 6.07) is 17.1. The zero-order valence-electron chi connectivity index (χ0n) is 16.7. The maximum atomic E-state index is 6.10. The Kier molecular flexibility index (Phi) is 6.88. The molecular formula is C23H31N3O. The fourth-order valence-electron chi connectivity index (χ4n) is 3.73. The standard InChI is InChI=1S/C23H31N3O/c1-17-11-12-20(18(2)14-17)15-25-23(24-3)26-16-21-10-7-13-27-22(21)19-8-5-4-6-9-19/h4-6,8-9,11-12,14,21-22H,7,10,13,15-16H2,1-3H3,(H2,24,25,26). The van der Waals surface area contributed by atoms with Crippen molar-refractivity contribution >= 4 is 5.96 Å². The zero-order valence-corrected chi connectivity index (χ0v) is 16.7. The van der Waals surface area contributed by atoms with Gasteiger partial charge in [-0.2, -0.15) is 0 Å². The Hall–Kier alpha value is -2.33. The van der Waals surface area contributed by atoms with Crippen molar-refractivity contribution in [2.45, 2.75) is 39.3 Å². The van der Waals surface area contributed by atoms with Gasteiger partial charge in [-0.25, -0.2) is 0 Å². The van der Waals surface area contributed by atoms with Gasteiger partial charge < -0.3 is 15.4 Å². The Balaban J connectivity index is 1.56. The lowest BCUT2D eigenvalue weighted by atomic mass is 9.89. The summed E-state index contributed by atoms with van der Waals surface area (Å²) < 4.78 is 6.10. The van der Waals surface area contributed by atoms with E-state index in [0.717, 1.165) is 32.1 Å². The Morgan fingerprint density at radius 1 is 1.11 bits per heavy atom. The van der Waals surface area contributed by atoms with E-state index in [9.17, 15) is 0 Å². The van der Waals surface area contributed by atoms with Gasteiger partial charge in [-0.3, -0.25) is 4.99 Å². The number of rotatable bonds is 5. The van der Waals surface area contributed by atoms with Crippen molar-refractivity contribution < 1.29 is 4.74 Å². The molecule has 2 unspecified atom stereocenters. The molecule has 0 saturated carbocycles. The van der Waals surface area contributed by atoms with Gasteiger partial charge >= 0.3 is 0 Å². The lowest BCUT2D eigenvalue weighted by Crippen LogP contribution is -2.41. The molecule has 1 saturated heterocycles. The normalized spacial score (nSPS) is 20.3. The number of benzene rings is 2. The SMILES string of the molecule is CN=C(NCc1ccc(C)cc1C)NCC1CCCOC1c1ccccc1. The molecule has 4 heteroatoms. The van der Waals surface area contributed by atoms with Gasteiger partial charge in [0.15, 0.2) is 5.96 Å². The molecule has 1 heterocycles. The summed E-state index contributed by atoms with van der Waals surface area (Å²) in [5, 5.41) is 6.94. The summed E-state index contributed by atoms with van der Waals surface area (Å²) in [5.41, 5.74) is 5.17. The van der Waals surface area contributed by atoms with Gasteiger partial charge in [0, 0.05) is 32.7 Å². The van der Waals surface area contributed by atoms with Crippen molar-refractivity contribution in [1.29, 1.82) is 0 Å². The van der Waals surface area contributed by atoms with Crippen LogP contribution in [0.4, 0.5) is 0 Å². The van der Waals surface area contributed by atoms with E-state index in [0.29, 0.717) is 5.92 Å². The third-order valence-electron chi connectivity index (χ3n) is 5.27. The molecule has 0 radical (unpaired) electrons. The van der Waals surface area contributed by atoms with Crippen molar-refractivity contribution in [2.24, 2.45) is 10.9 Å². The van der Waals surface area contributed by atoms with Crippen LogP contribution in [0.2, 0.25) is 0 Å². The quantitative estimate of drug-likeness (QED) is 0.618. The summed E-state index contributed by atoms with van der Waals surface area (Å²) in [7, 11) is 1.82. The highest BCUT2D eigenvalue weighted by Gasteiger charge is 2.27. The number of hydrogen-bond donors (Lipinski definition) is 2. The van der Waals surface area contributed by atoms with Crippen molar-refractivity contribution in [3.63, 3.8) is 0 Å². The first kappa shape index (κ1) is 19.4. The molecule has 3 rings (SSSR count). The van der Waals surface area contributed by atoms with Crippen LogP contribution in [0.5, 0.6) is 0 Å². The topological polar surface area (TPSA) is 45.7 Å². The van der Waals surface area contributed by atoms with Gasteiger partial charge in [-0.1, -0.05) is 54.1 Å². The Morgan fingerprint density at radius 3 is 2.67 bits per heavy atom. The van der Waals surface area contributed by atoms with Gasteiger partial charge in [0.2, 0.25) is 0 Å². The van der Waals surface area contributed by atoms with Gasteiger partial charge in [0.25, 0.3) is 0 Å². The predicted octanol–water partition coefficient (Wildman–Crippen LogP) is 4.14.